The SMILES string of the molecule is Cc1cc(NC(=O)NC(C)CCC(=O)O)ccc1Br. The van der Waals surface area contributed by atoms with Crippen LogP contribution in [-0.4, -0.2) is 23.1 Å². The number of hydrogen-bond acceptors (Lipinski definition) is 2. The van der Waals surface area contributed by atoms with Crippen molar-refractivity contribution in [1.82, 2.24) is 5.32 Å². The summed E-state index contributed by atoms with van der Waals surface area (Å²) < 4.78 is 0.980. The van der Waals surface area contributed by atoms with E-state index in [1.807, 2.05) is 19.1 Å². The number of rotatable bonds is 5. The minimum atomic E-state index is -0.863. The van der Waals surface area contributed by atoms with E-state index in [0.717, 1.165) is 10.0 Å². The Kier molecular flexibility index (Phi) is 5.82. The van der Waals surface area contributed by atoms with E-state index >= 15 is 0 Å². The van der Waals surface area contributed by atoms with Crippen molar-refractivity contribution in [3.8, 4) is 0 Å². The van der Waals surface area contributed by atoms with Crippen molar-refractivity contribution in [2.24, 2.45) is 0 Å². The number of halogens is 1. The molecule has 104 valence electrons. The molecule has 0 spiro atoms. The van der Waals surface area contributed by atoms with Gasteiger partial charge in [0.05, 0.1) is 0 Å². The monoisotopic (exact) mass is 328 g/mol. The van der Waals surface area contributed by atoms with E-state index < -0.39 is 5.97 Å². The predicted molar refractivity (Wildman–Crippen MR) is 77.4 cm³/mol. The first-order valence-corrected chi connectivity index (χ1v) is 6.73. The molecule has 0 aromatic heterocycles. The summed E-state index contributed by atoms with van der Waals surface area (Å²) in [5.74, 6) is -0.863. The van der Waals surface area contributed by atoms with Gasteiger partial charge in [0, 0.05) is 22.6 Å². The summed E-state index contributed by atoms with van der Waals surface area (Å²) in [5.41, 5.74) is 1.72. The molecule has 1 rings (SSSR count). The first kappa shape index (κ1) is 15.5. The fraction of sp³-hybridized carbons (Fsp3) is 0.385. The minimum absolute atomic E-state index is 0.0405. The van der Waals surface area contributed by atoms with Crippen molar-refractivity contribution in [2.75, 3.05) is 5.32 Å². The van der Waals surface area contributed by atoms with Crippen LogP contribution in [0.3, 0.4) is 0 Å². The van der Waals surface area contributed by atoms with Gasteiger partial charge in [-0.1, -0.05) is 15.9 Å². The van der Waals surface area contributed by atoms with Gasteiger partial charge in [0.25, 0.3) is 0 Å². The van der Waals surface area contributed by atoms with E-state index in [9.17, 15) is 9.59 Å². The molecular formula is C13H17BrN2O3. The second-order valence-electron chi connectivity index (χ2n) is 4.40. The fourth-order valence-corrected chi connectivity index (χ4v) is 1.77. The lowest BCUT2D eigenvalue weighted by molar-refractivity contribution is -0.137. The molecule has 1 unspecified atom stereocenters. The van der Waals surface area contributed by atoms with Crippen molar-refractivity contribution in [3.63, 3.8) is 0 Å². The summed E-state index contributed by atoms with van der Waals surface area (Å²) >= 11 is 3.39. The number of nitrogens with one attached hydrogen (secondary N) is 2. The maximum Gasteiger partial charge on any atom is 0.319 e. The number of anilines is 1. The molecule has 0 aliphatic heterocycles. The molecule has 19 heavy (non-hydrogen) atoms. The maximum absolute atomic E-state index is 11.7. The van der Waals surface area contributed by atoms with Crippen LogP contribution in [0, 0.1) is 6.92 Å². The van der Waals surface area contributed by atoms with Crippen molar-refractivity contribution < 1.29 is 14.7 Å². The number of amides is 2. The Labute approximate surface area is 120 Å². The molecule has 3 N–H and O–H groups in total. The van der Waals surface area contributed by atoms with Gasteiger partial charge in [-0.25, -0.2) is 4.79 Å². The van der Waals surface area contributed by atoms with Gasteiger partial charge < -0.3 is 15.7 Å². The first-order chi connectivity index (χ1) is 8.88. The van der Waals surface area contributed by atoms with Crippen LogP contribution in [0.25, 0.3) is 0 Å². The number of hydrogen-bond donors (Lipinski definition) is 3. The Morgan fingerprint density at radius 1 is 1.42 bits per heavy atom. The summed E-state index contributed by atoms with van der Waals surface area (Å²) in [6.07, 6.45) is 0.445. The van der Waals surface area contributed by atoms with Crippen LogP contribution in [0.15, 0.2) is 22.7 Å². The van der Waals surface area contributed by atoms with Gasteiger partial charge in [0.15, 0.2) is 0 Å². The number of aliphatic carboxylic acids is 1. The quantitative estimate of drug-likeness (QED) is 0.776. The molecule has 5 nitrogen and oxygen atoms in total. The van der Waals surface area contributed by atoms with Crippen LogP contribution in [0.5, 0.6) is 0 Å². The number of carbonyl (C=O) groups is 2. The molecule has 0 heterocycles. The second-order valence-corrected chi connectivity index (χ2v) is 5.25. The van der Waals surface area contributed by atoms with Crippen LogP contribution < -0.4 is 10.6 Å². The second kappa shape index (κ2) is 7.13. The molecule has 0 aliphatic carbocycles. The fourth-order valence-electron chi connectivity index (χ4n) is 1.53. The van der Waals surface area contributed by atoms with E-state index in [-0.39, 0.29) is 18.5 Å². The number of carboxylic acids is 1. The zero-order chi connectivity index (χ0) is 14.4. The summed E-state index contributed by atoms with van der Waals surface area (Å²) in [6, 6.07) is 4.98. The third-order valence-corrected chi connectivity index (χ3v) is 3.47. The highest BCUT2D eigenvalue weighted by atomic mass is 79.9. The molecule has 1 atom stereocenters. The van der Waals surface area contributed by atoms with E-state index in [4.69, 9.17) is 5.11 Å². The summed E-state index contributed by atoms with van der Waals surface area (Å²) in [5, 5.41) is 14.0. The zero-order valence-corrected chi connectivity index (χ0v) is 12.5. The number of urea groups is 1. The Bertz CT molecular complexity index is 477. The molecule has 0 saturated heterocycles. The number of carboxylic acid groups (broad SMARTS) is 1. The maximum atomic E-state index is 11.7. The summed E-state index contributed by atoms with van der Waals surface area (Å²) in [4.78, 5) is 22.1. The molecule has 0 fully saturated rings. The van der Waals surface area contributed by atoms with Crippen molar-refractivity contribution in [2.45, 2.75) is 32.7 Å². The zero-order valence-electron chi connectivity index (χ0n) is 10.9. The third-order valence-electron chi connectivity index (χ3n) is 2.58. The van der Waals surface area contributed by atoms with Crippen LogP contribution in [0.4, 0.5) is 10.5 Å². The number of benzene rings is 1. The third kappa shape index (κ3) is 5.74. The van der Waals surface area contributed by atoms with E-state index in [1.54, 1.807) is 13.0 Å². The van der Waals surface area contributed by atoms with Gasteiger partial charge in [-0.3, -0.25) is 4.79 Å². The van der Waals surface area contributed by atoms with Crippen LogP contribution in [0.2, 0.25) is 0 Å². The highest BCUT2D eigenvalue weighted by Gasteiger charge is 2.09. The van der Waals surface area contributed by atoms with Gasteiger partial charge in [-0.15, -0.1) is 0 Å². The van der Waals surface area contributed by atoms with Crippen LogP contribution in [0.1, 0.15) is 25.3 Å². The number of aryl methyl sites for hydroxylation is 1. The van der Waals surface area contributed by atoms with Gasteiger partial charge in [-0.2, -0.15) is 0 Å². The van der Waals surface area contributed by atoms with E-state index in [2.05, 4.69) is 26.6 Å². The normalized spacial score (nSPS) is 11.7. The summed E-state index contributed by atoms with van der Waals surface area (Å²) in [7, 11) is 0. The van der Waals surface area contributed by atoms with E-state index in [0.29, 0.717) is 12.1 Å². The molecule has 0 aliphatic rings. The lowest BCUT2D eigenvalue weighted by Gasteiger charge is -2.14. The topological polar surface area (TPSA) is 78.4 Å². The first-order valence-electron chi connectivity index (χ1n) is 5.94. The number of carbonyl (C=O) groups excluding carboxylic acids is 1. The largest absolute Gasteiger partial charge is 0.481 e. The lowest BCUT2D eigenvalue weighted by atomic mass is 10.2. The Hall–Kier alpha value is -1.56. The van der Waals surface area contributed by atoms with Crippen LogP contribution >= 0.6 is 15.9 Å². The molecule has 6 heteroatoms. The van der Waals surface area contributed by atoms with E-state index in [1.165, 1.54) is 0 Å². The molecular weight excluding hydrogens is 312 g/mol. The van der Waals surface area contributed by atoms with Gasteiger partial charge in [-0.05, 0) is 44.0 Å². The van der Waals surface area contributed by atoms with Crippen molar-refractivity contribution >= 4 is 33.6 Å². The highest BCUT2D eigenvalue weighted by molar-refractivity contribution is 9.10. The average molecular weight is 329 g/mol. The molecule has 0 saturated carbocycles. The molecule has 1 aromatic rings. The van der Waals surface area contributed by atoms with Crippen molar-refractivity contribution in [3.05, 3.63) is 28.2 Å². The average Bonchev–Trinajstić information content (AvgIpc) is 2.31. The Morgan fingerprint density at radius 3 is 2.68 bits per heavy atom. The van der Waals surface area contributed by atoms with Gasteiger partial charge in [0.1, 0.15) is 0 Å². The lowest BCUT2D eigenvalue weighted by Crippen LogP contribution is -2.36. The molecule has 0 radical (unpaired) electrons. The molecule has 2 amide bonds. The Morgan fingerprint density at radius 2 is 2.11 bits per heavy atom. The standard InChI is InChI=1S/C13H17BrN2O3/c1-8-7-10(4-5-11(8)14)16-13(19)15-9(2)3-6-12(17)18/h4-5,7,9H,3,6H2,1-2H3,(H,17,18)(H2,15,16,19). The predicted octanol–water partition coefficient (Wildman–Crippen LogP) is 3.13. The minimum Gasteiger partial charge on any atom is -0.481 e. The molecule has 1 aromatic carbocycles. The highest BCUT2D eigenvalue weighted by Crippen LogP contribution is 2.19. The van der Waals surface area contributed by atoms with Crippen LogP contribution in [-0.2, 0) is 4.79 Å². The molecule has 0 bridgehead atoms. The Balaban J connectivity index is 2.46. The van der Waals surface area contributed by atoms with Crippen molar-refractivity contribution in [1.29, 1.82) is 0 Å². The van der Waals surface area contributed by atoms with Gasteiger partial charge in [0.2, 0.25) is 0 Å². The summed E-state index contributed by atoms with van der Waals surface area (Å²) in [6.45, 7) is 3.71. The smallest absolute Gasteiger partial charge is 0.319 e. The van der Waals surface area contributed by atoms with Gasteiger partial charge >= 0.3 is 12.0 Å².